The quantitative estimate of drug-likeness (QED) is 0.764. The molecule has 0 fully saturated rings. The third kappa shape index (κ3) is 4.36. The summed E-state index contributed by atoms with van der Waals surface area (Å²) in [6.45, 7) is 6.58. The molecule has 3 heteroatoms. The SMILES string of the molecule is CC(C)CCC(C)Nc1cc(C#N)ccc1N. The van der Waals surface area contributed by atoms with Crippen molar-refractivity contribution in [1.82, 2.24) is 0 Å². The van der Waals surface area contributed by atoms with Crippen LogP contribution in [0.4, 0.5) is 11.4 Å². The lowest BCUT2D eigenvalue weighted by Crippen LogP contribution is -2.16. The minimum Gasteiger partial charge on any atom is -0.397 e. The molecule has 17 heavy (non-hydrogen) atoms. The molecule has 1 aromatic rings. The van der Waals surface area contributed by atoms with Gasteiger partial charge in [0.05, 0.1) is 23.0 Å². The van der Waals surface area contributed by atoms with Gasteiger partial charge in [0.25, 0.3) is 0 Å². The van der Waals surface area contributed by atoms with Crippen molar-refractivity contribution in [3.05, 3.63) is 23.8 Å². The van der Waals surface area contributed by atoms with Gasteiger partial charge in [-0.05, 0) is 43.9 Å². The van der Waals surface area contributed by atoms with Gasteiger partial charge < -0.3 is 11.1 Å². The maximum Gasteiger partial charge on any atom is 0.0992 e. The summed E-state index contributed by atoms with van der Waals surface area (Å²) in [5, 5.41) is 12.2. The fourth-order valence-corrected chi connectivity index (χ4v) is 1.67. The van der Waals surface area contributed by atoms with Crippen molar-refractivity contribution in [2.24, 2.45) is 5.92 Å². The molecular formula is C14H21N3. The molecule has 0 aliphatic carbocycles. The summed E-state index contributed by atoms with van der Waals surface area (Å²) in [4.78, 5) is 0. The van der Waals surface area contributed by atoms with E-state index in [1.54, 1.807) is 18.2 Å². The number of nitrogens with two attached hydrogens (primary N) is 1. The van der Waals surface area contributed by atoms with Crippen LogP contribution in [0.5, 0.6) is 0 Å². The highest BCUT2D eigenvalue weighted by Crippen LogP contribution is 2.21. The first kappa shape index (κ1) is 13.4. The highest BCUT2D eigenvalue weighted by atomic mass is 14.9. The van der Waals surface area contributed by atoms with Crippen molar-refractivity contribution >= 4 is 11.4 Å². The van der Waals surface area contributed by atoms with Crippen molar-refractivity contribution in [2.45, 2.75) is 39.7 Å². The molecule has 0 saturated heterocycles. The predicted octanol–water partition coefficient (Wildman–Crippen LogP) is 3.38. The van der Waals surface area contributed by atoms with Crippen LogP contribution in [0.2, 0.25) is 0 Å². The Morgan fingerprint density at radius 1 is 1.29 bits per heavy atom. The van der Waals surface area contributed by atoms with Crippen LogP contribution in [0.3, 0.4) is 0 Å². The van der Waals surface area contributed by atoms with Gasteiger partial charge in [-0.1, -0.05) is 13.8 Å². The molecule has 1 rings (SSSR count). The molecule has 0 amide bonds. The summed E-state index contributed by atoms with van der Waals surface area (Å²) in [6.07, 6.45) is 2.29. The van der Waals surface area contributed by atoms with Crippen LogP contribution in [0.25, 0.3) is 0 Å². The summed E-state index contributed by atoms with van der Waals surface area (Å²) in [6, 6.07) is 7.81. The van der Waals surface area contributed by atoms with Crippen LogP contribution in [0.15, 0.2) is 18.2 Å². The average Bonchev–Trinajstić information content (AvgIpc) is 2.29. The summed E-state index contributed by atoms with van der Waals surface area (Å²) in [5.41, 5.74) is 8.07. The lowest BCUT2D eigenvalue weighted by molar-refractivity contribution is 0.528. The first-order valence-corrected chi connectivity index (χ1v) is 6.09. The standard InChI is InChI=1S/C14H21N3/c1-10(2)4-5-11(3)17-14-8-12(9-15)6-7-13(14)16/h6-8,10-11,17H,4-5,16H2,1-3H3. The molecule has 92 valence electrons. The number of nitrogen functional groups attached to an aromatic ring is 1. The van der Waals surface area contributed by atoms with Crippen LogP contribution in [-0.4, -0.2) is 6.04 Å². The van der Waals surface area contributed by atoms with Crippen molar-refractivity contribution < 1.29 is 0 Å². The Balaban J connectivity index is 2.64. The van der Waals surface area contributed by atoms with E-state index in [2.05, 4.69) is 32.2 Å². The maximum atomic E-state index is 8.84. The lowest BCUT2D eigenvalue weighted by atomic mass is 10.0. The van der Waals surface area contributed by atoms with Crippen molar-refractivity contribution in [3.63, 3.8) is 0 Å². The smallest absolute Gasteiger partial charge is 0.0992 e. The van der Waals surface area contributed by atoms with E-state index in [9.17, 15) is 0 Å². The molecule has 1 atom stereocenters. The first-order chi connectivity index (χ1) is 8.02. The molecule has 0 bridgehead atoms. The van der Waals surface area contributed by atoms with Crippen molar-refractivity contribution in [3.8, 4) is 6.07 Å². The number of nitriles is 1. The summed E-state index contributed by atoms with van der Waals surface area (Å²) in [7, 11) is 0. The highest BCUT2D eigenvalue weighted by molar-refractivity contribution is 5.68. The minimum absolute atomic E-state index is 0.369. The third-order valence-corrected chi connectivity index (χ3v) is 2.76. The molecule has 0 aromatic heterocycles. The Morgan fingerprint density at radius 3 is 2.59 bits per heavy atom. The molecule has 1 aromatic carbocycles. The number of anilines is 2. The fourth-order valence-electron chi connectivity index (χ4n) is 1.67. The molecule has 0 spiro atoms. The van der Waals surface area contributed by atoms with E-state index in [4.69, 9.17) is 11.0 Å². The van der Waals surface area contributed by atoms with Gasteiger partial charge in [-0.15, -0.1) is 0 Å². The maximum absolute atomic E-state index is 8.84. The Morgan fingerprint density at radius 2 is 2.00 bits per heavy atom. The molecule has 0 radical (unpaired) electrons. The zero-order valence-electron chi connectivity index (χ0n) is 10.8. The van der Waals surface area contributed by atoms with E-state index in [1.165, 1.54) is 6.42 Å². The molecule has 3 nitrogen and oxygen atoms in total. The van der Waals surface area contributed by atoms with Crippen LogP contribution in [-0.2, 0) is 0 Å². The fraction of sp³-hybridized carbons (Fsp3) is 0.500. The van der Waals surface area contributed by atoms with Crippen molar-refractivity contribution in [1.29, 1.82) is 5.26 Å². The predicted molar refractivity (Wildman–Crippen MR) is 72.7 cm³/mol. The Kier molecular flexibility index (Phi) is 4.84. The number of benzene rings is 1. The van der Waals surface area contributed by atoms with Gasteiger partial charge in [-0.3, -0.25) is 0 Å². The summed E-state index contributed by atoms with van der Waals surface area (Å²) >= 11 is 0. The van der Waals surface area contributed by atoms with Gasteiger partial charge in [-0.25, -0.2) is 0 Å². The van der Waals surface area contributed by atoms with Gasteiger partial charge in [0, 0.05) is 6.04 Å². The van der Waals surface area contributed by atoms with Crippen LogP contribution < -0.4 is 11.1 Å². The molecule has 0 aliphatic heterocycles. The highest BCUT2D eigenvalue weighted by Gasteiger charge is 2.06. The first-order valence-electron chi connectivity index (χ1n) is 6.09. The minimum atomic E-state index is 0.369. The zero-order valence-corrected chi connectivity index (χ0v) is 10.8. The molecule has 1 unspecified atom stereocenters. The lowest BCUT2D eigenvalue weighted by Gasteiger charge is -2.17. The largest absolute Gasteiger partial charge is 0.397 e. The van der Waals surface area contributed by atoms with Gasteiger partial charge in [-0.2, -0.15) is 5.26 Å². The molecule has 0 saturated carbocycles. The van der Waals surface area contributed by atoms with Crippen LogP contribution in [0, 0.1) is 17.2 Å². The summed E-state index contributed by atoms with van der Waals surface area (Å²) < 4.78 is 0. The summed E-state index contributed by atoms with van der Waals surface area (Å²) in [5.74, 6) is 0.710. The van der Waals surface area contributed by atoms with Gasteiger partial charge in [0.1, 0.15) is 0 Å². The Hall–Kier alpha value is -1.69. The van der Waals surface area contributed by atoms with E-state index in [-0.39, 0.29) is 0 Å². The van der Waals surface area contributed by atoms with E-state index < -0.39 is 0 Å². The third-order valence-electron chi connectivity index (χ3n) is 2.76. The number of rotatable bonds is 5. The van der Waals surface area contributed by atoms with E-state index in [1.807, 2.05) is 0 Å². The van der Waals surface area contributed by atoms with Gasteiger partial charge in [0.2, 0.25) is 0 Å². The van der Waals surface area contributed by atoms with Crippen LogP contribution >= 0.6 is 0 Å². The Bertz CT molecular complexity index is 404. The average molecular weight is 231 g/mol. The Labute approximate surface area is 104 Å². The number of nitrogens with one attached hydrogen (secondary N) is 1. The monoisotopic (exact) mass is 231 g/mol. The second-order valence-corrected chi connectivity index (χ2v) is 4.93. The molecular weight excluding hydrogens is 210 g/mol. The number of nitrogens with zero attached hydrogens (tertiary/aromatic N) is 1. The topological polar surface area (TPSA) is 61.8 Å². The van der Waals surface area contributed by atoms with E-state index in [0.29, 0.717) is 23.2 Å². The zero-order chi connectivity index (χ0) is 12.8. The molecule has 3 N–H and O–H groups in total. The number of hydrogen-bond acceptors (Lipinski definition) is 3. The van der Waals surface area contributed by atoms with Gasteiger partial charge in [0.15, 0.2) is 0 Å². The second kappa shape index (κ2) is 6.15. The number of hydrogen-bond donors (Lipinski definition) is 2. The van der Waals surface area contributed by atoms with E-state index >= 15 is 0 Å². The normalized spacial score (nSPS) is 12.2. The molecule has 0 heterocycles. The van der Waals surface area contributed by atoms with E-state index in [0.717, 1.165) is 12.1 Å². The van der Waals surface area contributed by atoms with Gasteiger partial charge >= 0.3 is 0 Å². The molecule has 0 aliphatic rings. The second-order valence-electron chi connectivity index (χ2n) is 4.93. The van der Waals surface area contributed by atoms with Crippen molar-refractivity contribution in [2.75, 3.05) is 11.1 Å². The van der Waals surface area contributed by atoms with Crippen LogP contribution in [0.1, 0.15) is 39.2 Å².